The topological polar surface area (TPSA) is 77.5 Å². The summed E-state index contributed by atoms with van der Waals surface area (Å²) in [6.45, 7) is 1.70. The molecule has 0 fully saturated rings. The van der Waals surface area contributed by atoms with Crippen LogP contribution in [0.15, 0.2) is 48.5 Å². The van der Waals surface area contributed by atoms with E-state index in [1.54, 1.807) is 24.3 Å². The number of benzene rings is 2. The molecular weight excluding hydrogens is 380 g/mol. The molecule has 0 atom stereocenters. The van der Waals surface area contributed by atoms with E-state index in [9.17, 15) is 9.59 Å². The van der Waals surface area contributed by atoms with Crippen molar-refractivity contribution in [1.29, 1.82) is 0 Å². The van der Waals surface area contributed by atoms with Crippen molar-refractivity contribution in [1.82, 2.24) is 10.3 Å². The summed E-state index contributed by atoms with van der Waals surface area (Å²) in [4.78, 5) is 28.4. The van der Waals surface area contributed by atoms with E-state index in [1.807, 2.05) is 31.2 Å². The first-order chi connectivity index (χ1) is 13.5. The fraction of sp³-hybridized carbons (Fsp3) is 0.190. The average Bonchev–Trinajstić information content (AvgIpc) is 2.70. The number of carbonyl (C=O) groups is 2. The summed E-state index contributed by atoms with van der Waals surface area (Å²) in [7, 11) is 1.52. The van der Waals surface area contributed by atoms with Crippen molar-refractivity contribution in [2.45, 2.75) is 13.5 Å². The van der Waals surface area contributed by atoms with Crippen LogP contribution in [0.2, 0.25) is 5.15 Å². The number of aryl methyl sites for hydroxylation is 1. The maximum absolute atomic E-state index is 12.1. The number of pyridine rings is 1. The minimum absolute atomic E-state index is 0.0243. The molecule has 3 rings (SSSR count). The number of carbonyl (C=O) groups excluding carboxylic acids is 2. The molecule has 0 aliphatic rings. The molecular formula is C21H19ClN2O4. The Morgan fingerprint density at radius 1 is 1.14 bits per heavy atom. The molecule has 0 aliphatic carbocycles. The van der Waals surface area contributed by atoms with Gasteiger partial charge in [0.05, 0.1) is 12.6 Å². The number of methoxy groups -OCH3 is 1. The number of aromatic nitrogens is 1. The van der Waals surface area contributed by atoms with Gasteiger partial charge >= 0.3 is 5.97 Å². The van der Waals surface area contributed by atoms with Gasteiger partial charge in [0, 0.05) is 16.5 Å². The first kappa shape index (κ1) is 19.6. The van der Waals surface area contributed by atoms with E-state index in [4.69, 9.17) is 21.1 Å². The Bertz CT molecular complexity index is 1040. The Kier molecular flexibility index (Phi) is 6.11. The third-order valence-electron chi connectivity index (χ3n) is 4.11. The molecule has 1 amide bonds. The lowest BCUT2D eigenvalue weighted by molar-refractivity contribution is -0.143. The van der Waals surface area contributed by atoms with E-state index in [0.717, 1.165) is 16.5 Å². The van der Waals surface area contributed by atoms with Crippen LogP contribution in [0, 0.1) is 6.92 Å². The Morgan fingerprint density at radius 2 is 1.96 bits per heavy atom. The predicted molar refractivity (Wildman–Crippen MR) is 107 cm³/mol. The number of esters is 1. The lowest BCUT2D eigenvalue weighted by atomic mass is 10.1. The number of ether oxygens (including phenoxy) is 2. The van der Waals surface area contributed by atoms with Crippen molar-refractivity contribution in [3.05, 3.63) is 70.4 Å². The number of nitrogens with one attached hydrogen (secondary N) is 1. The zero-order valence-corrected chi connectivity index (χ0v) is 16.2. The summed E-state index contributed by atoms with van der Waals surface area (Å²) < 4.78 is 10.3. The first-order valence-corrected chi connectivity index (χ1v) is 8.97. The summed E-state index contributed by atoms with van der Waals surface area (Å²) in [5, 5.41) is 3.71. The highest BCUT2D eigenvalue weighted by atomic mass is 35.5. The van der Waals surface area contributed by atoms with Crippen molar-refractivity contribution in [3.8, 4) is 5.75 Å². The van der Waals surface area contributed by atoms with E-state index in [0.29, 0.717) is 16.9 Å². The van der Waals surface area contributed by atoms with Gasteiger partial charge in [0.25, 0.3) is 5.91 Å². The molecule has 0 unspecified atom stereocenters. The molecule has 0 aliphatic heterocycles. The van der Waals surface area contributed by atoms with E-state index in [1.165, 1.54) is 7.11 Å². The monoisotopic (exact) mass is 398 g/mol. The van der Waals surface area contributed by atoms with Crippen molar-refractivity contribution < 1.29 is 19.1 Å². The smallest absolute Gasteiger partial charge is 0.325 e. The maximum atomic E-state index is 12.1. The number of nitrogens with zero attached hydrogens (tertiary/aromatic N) is 1. The third-order valence-corrected chi connectivity index (χ3v) is 4.44. The second-order valence-corrected chi connectivity index (χ2v) is 6.57. The van der Waals surface area contributed by atoms with E-state index in [2.05, 4.69) is 10.3 Å². The van der Waals surface area contributed by atoms with Crippen LogP contribution in [0.25, 0.3) is 10.9 Å². The van der Waals surface area contributed by atoms with Gasteiger partial charge in [0.15, 0.2) is 0 Å². The zero-order valence-electron chi connectivity index (χ0n) is 15.5. The van der Waals surface area contributed by atoms with Gasteiger partial charge < -0.3 is 14.8 Å². The number of halogens is 1. The predicted octanol–water partition coefficient (Wildman–Crippen LogP) is 3.68. The van der Waals surface area contributed by atoms with Gasteiger partial charge in [-0.1, -0.05) is 29.8 Å². The van der Waals surface area contributed by atoms with Crippen molar-refractivity contribution in [2.75, 3.05) is 13.7 Å². The Hall–Kier alpha value is -3.12. The fourth-order valence-corrected chi connectivity index (χ4v) is 2.83. The fourth-order valence-electron chi connectivity index (χ4n) is 2.63. The van der Waals surface area contributed by atoms with Gasteiger partial charge in [-0.05, 0) is 42.8 Å². The highest BCUT2D eigenvalue weighted by molar-refractivity contribution is 6.30. The molecule has 3 aromatic rings. The first-order valence-electron chi connectivity index (χ1n) is 8.60. The second kappa shape index (κ2) is 8.71. The molecule has 0 radical (unpaired) electrons. The molecule has 1 heterocycles. The average molecular weight is 399 g/mol. The van der Waals surface area contributed by atoms with Gasteiger partial charge in [-0.25, -0.2) is 4.98 Å². The third kappa shape index (κ3) is 4.78. The number of hydrogen-bond acceptors (Lipinski definition) is 5. The van der Waals surface area contributed by atoms with Crippen molar-refractivity contribution in [3.63, 3.8) is 0 Å². The summed E-state index contributed by atoms with van der Waals surface area (Å²) in [5.41, 5.74) is 2.86. The summed E-state index contributed by atoms with van der Waals surface area (Å²) in [6, 6.07) is 14.3. The Labute approximate surface area is 167 Å². The Morgan fingerprint density at radius 3 is 2.75 bits per heavy atom. The van der Waals surface area contributed by atoms with Crippen LogP contribution in [0.1, 0.15) is 21.5 Å². The highest BCUT2D eigenvalue weighted by Gasteiger charge is 2.12. The highest BCUT2D eigenvalue weighted by Crippen LogP contribution is 2.22. The molecule has 7 heteroatoms. The number of fused-ring (bicyclic) bond motifs is 1. The SMILES string of the molecule is COc1cccc(C(=O)NCC(=O)OCc2cc3ccc(C)cc3nc2Cl)c1. The van der Waals surface area contributed by atoms with Crippen molar-refractivity contribution in [2.24, 2.45) is 0 Å². The van der Waals surface area contributed by atoms with Gasteiger partial charge in [-0.2, -0.15) is 0 Å². The molecule has 2 aromatic carbocycles. The van der Waals surface area contributed by atoms with Gasteiger partial charge in [-0.3, -0.25) is 9.59 Å². The van der Waals surface area contributed by atoms with Crippen LogP contribution in [-0.2, 0) is 16.1 Å². The number of hydrogen-bond donors (Lipinski definition) is 1. The normalized spacial score (nSPS) is 10.5. The van der Waals surface area contributed by atoms with E-state index in [-0.39, 0.29) is 18.3 Å². The molecule has 0 bridgehead atoms. The molecule has 144 valence electrons. The quantitative estimate of drug-likeness (QED) is 0.506. The lowest BCUT2D eigenvalue weighted by Gasteiger charge is -2.09. The van der Waals surface area contributed by atoms with Crippen molar-refractivity contribution >= 4 is 34.4 Å². The molecule has 28 heavy (non-hydrogen) atoms. The van der Waals surface area contributed by atoms with Crippen LogP contribution in [0.5, 0.6) is 5.75 Å². The van der Waals surface area contributed by atoms with E-state index >= 15 is 0 Å². The Balaban J connectivity index is 1.57. The summed E-state index contributed by atoms with van der Waals surface area (Å²) >= 11 is 6.19. The van der Waals surface area contributed by atoms with E-state index < -0.39 is 11.9 Å². The lowest BCUT2D eigenvalue weighted by Crippen LogP contribution is -2.30. The van der Waals surface area contributed by atoms with Crippen LogP contribution < -0.4 is 10.1 Å². The maximum Gasteiger partial charge on any atom is 0.325 e. The molecule has 0 spiro atoms. The second-order valence-electron chi connectivity index (χ2n) is 6.21. The van der Waals surface area contributed by atoms with Gasteiger partial charge in [0.1, 0.15) is 24.1 Å². The van der Waals surface area contributed by atoms with Crippen LogP contribution >= 0.6 is 11.6 Å². The molecule has 0 saturated carbocycles. The van der Waals surface area contributed by atoms with Crippen LogP contribution in [0.4, 0.5) is 0 Å². The summed E-state index contributed by atoms with van der Waals surface area (Å²) in [6.07, 6.45) is 0. The minimum Gasteiger partial charge on any atom is -0.497 e. The molecule has 6 nitrogen and oxygen atoms in total. The number of amides is 1. The molecule has 1 aromatic heterocycles. The van der Waals surface area contributed by atoms with Crippen LogP contribution in [-0.4, -0.2) is 30.5 Å². The summed E-state index contributed by atoms with van der Waals surface area (Å²) in [5.74, 6) is -0.406. The van der Waals surface area contributed by atoms with Crippen LogP contribution in [0.3, 0.4) is 0 Å². The number of rotatable bonds is 6. The largest absolute Gasteiger partial charge is 0.497 e. The molecule has 0 saturated heterocycles. The van der Waals surface area contributed by atoms with Gasteiger partial charge in [-0.15, -0.1) is 0 Å². The standard InChI is InChI=1S/C21H19ClN2O4/c1-13-6-7-14-9-16(20(22)24-18(14)8-13)12-28-19(25)11-23-21(26)15-4-3-5-17(10-15)27-2/h3-10H,11-12H2,1-2H3,(H,23,26). The zero-order chi connectivity index (χ0) is 20.1. The van der Waals surface area contributed by atoms with Gasteiger partial charge in [0.2, 0.25) is 0 Å². The molecule has 1 N–H and O–H groups in total. The minimum atomic E-state index is -0.573.